The summed E-state index contributed by atoms with van der Waals surface area (Å²) >= 11 is 5.61. The van der Waals surface area contributed by atoms with Gasteiger partial charge in [-0.05, 0) is 12.1 Å². The average Bonchev–Trinajstić information content (AvgIpc) is 3.04. The highest BCUT2D eigenvalue weighted by molar-refractivity contribution is 6.31. The first kappa shape index (κ1) is 13.6. The fourth-order valence-electron chi connectivity index (χ4n) is 1.47. The molecule has 0 unspecified atom stereocenters. The lowest BCUT2D eigenvalue weighted by molar-refractivity contribution is -0.225. The molecular weight excluding hydrogens is 276 g/mol. The lowest BCUT2D eigenvalue weighted by Gasteiger charge is -2.22. The molecule has 0 N–H and O–H groups in total. The fraction of sp³-hybridized carbons (Fsp3) is 0.455. The third-order valence-corrected chi connectivity index (χ3v) is 2.74. The van der Waals surface area contributed by atoms with Crippen molar-refractivity contribution in [2.45, 2.75) is 18.4 Å². The van der Waals surface area contributed by atoms with Gasteiger partial charge in [0.25, 0.3) is 0 Å². The van der Waals surface area contributed by atoms with E-state index in [2.05, 4.69) is 0 Å². The molecule has 1 saturated heterocycles. The van der Waals surface area contributed by atoms with Crippen molar-refractivity contribution in [3.8, 4) is 0 Å². The van der Waals surface area contributed by atoms with Crippen molar-refractivity contribution in [1.82, 2.24) is 0 Å². The second-order valence-corrected chi connectivity index (χ2v) is 4.25. The van der Waals surface area contributed by atoms with Gasteiger partial charge in [-0.1, -0.05) is 17.7 Å². The molecule has 1 aliphatic rings. The largest absolute Gasteiger partial charge is 0.419 e. The molecule has 0 spiro atoms. The van der Waals surface area contributed by atoms with E-state index in [9.17, 15) is 17.6 Å². The van der Waals surface area contributed by atoms with Gasteiger partial charge in [0.1, 0.15) is 11.9 Å². The van der Waals surface area contributed by atoms with Crippen LogP contribution >= 0.6 is 11.6 Å². The second-order valence-electron chi connectivity index (χ2n) is 3.85. The summed E-state index contributed by atoms with van der Waals surface area (Å²) in [6.07, 6.45) is -7.46. The lowest BCUT2D eigenvalue weighted by Crippen LogP contribution is -2.26. The Hall–Kier alpha value is -0.850. The maximum Gasteiger partial charge on any atom is 0.419 e. The van der Waals surface area contributed by atoms with Crippen LogP contribution in [0.1, 0.15) is 11.7 Å². The number of epoxide rings is 1. The number of benzene rings is 1. The van der Waals surface area contributed by atoms with Gasteiger partial charge in [-0.25, -0.2) is 4.39 Å². The molecule has 100 valence electrons. The molecular formula is C11H9ClF4O2. The van der Waals surface area contributed by atoms with Crippen molar-refractivity contribution in [2.24, 2.45) is 0 Å². The molecule has 1 aliphatic heterocycles. The van der Waals surface area contributed by atoms with Crippen LogP contribution in [-0.4, -0.2) is 25.5 Å². The van der Waals surface area contributed by atoms with Gasteiger partial charge in [0.2, 0.25) is 0 Å². The Morgan fingerprint density at radius 1 is 1.44 bits per heavy atom. The van der Waals surface area contributed by atoms with Crippen LogP contribution in [0.2, 0.25) is 5.02 Å². The van der Waals surface area contributed by atoms with Crippen molar-refractivity contribution in [3.05, 3.63) is 34.6 Å². The third-order valence-electron chi connectivity index (χ3n) is 2.41. The number of hydrogen-bond acceptors (Lipinski definition) is 2. The van der Waals surface area contributed by atoms with E-state index in [1.807, 2.05) is 0 Å². The summed E-state index contributed by atoms with van der Waals surface area (Å²) in [5.74, 6) is -1.04. The van der Waals surface area contributed by atoms with Gasteiger partial charge < -0.3 is 9.47 Å². The van der Waals surface area contributed by atoms with Gasteiger partial charge in [0, 0.05) is 10.6 Å². The summed E-state index contributed by atoms with van der Waals surface area (Å²) in [7, 11) is 0. The Balaban J connectivity index is 2.26. The van der Waals surface area contributed by atoms with Crippen LogP contribution in [0.15, 0.2) is 18.2 Å². The summed E-state index contributed by atoms with van der Waals surface area (Å²) in [6.45, 7) is 0.115. The van der Waals surface area contributed by atoms with Crippen LogP contribution < -0.4 is 0 Å². The van der Waals surface area contributed by atoms with Crippen LogP contribution in [0.3, 0.4) is 0 Å². The molecule has 0 saturated carbocycles. The highest BCUT2D eigenvalue weighted by Crippen LogP contribution is 2.40. The minimum Gasteiger partial charge on any atom is -0.371 e. The van der Waals surface area contributed by atoms with Crippen molar-refractivity contribution in [1.29, 1.82) is 0 Å². The van der Waals surface area contributed by atoms with E-state index in [0.29, 0.717) is 6.61 Å². The highest BCUT2D eigenvalue weighted by atomic mass is 35.5. The van der Waals surface area contributed by atoms with Gasteiger partial charge >= 0.3 is 6.18 Å². The van der Waals surface area contributed by atoms with Crippen molar-refractivity contribution >= 4 is 11.6 Å². The molecule has 2 nitrogen and oxygen atoms in total. The first-order chi connectivity index (χ1) is 8.39. The molecule has 7 heteroatoms. The molecule has 0 amide bonds. The number of alkyl halides is 3. The maximum atomic E-state index is 13.5. The zero-order valence-corrected chi connectivity index (χ0v) is 9.76. The van der Waals surface area contributed by atoms with Gasteiger partial charge in [0.05, 0.1) is 13.2 Å². The van der Waals surface area contributed by atoms with E-state index in [0.717, 1.165) is 6.07 Å². The molecule has 0 aromatic heterocycles. The first-order valence-electron chi connectivity index (χ1n) is 5.13. The Morgan fingerprint density at radius 3 is 2.61 bits per heavy atom. The number of ether oxygens (including phenoxy) is 2. The SMILES string of the molecule is Fc1cccc(Cl)c1[C@@H](OC[C@H]1CO1)C(F)(F)F. The van der Waals surface area contributed by atoms with Crippen LogP contribution in [0.4, 0.5) is 17.6 Å². The van der Waals surface area contributed by atoms with Crippen LogP contribution in [0.5, 0.6) is 0 Å². The van der Waals surface area contributed by atoms with Crippen LogP contribution in [0.25, 0.3) is 0 Å². The number of halogens is 5. The van der Waals surface area contributed by atoms with Gasteiger partial charge in [-0.15, -0.1) is 0 Å². The first-order valence-corrected chi connectivity index (χ1v) is 5.51. The van der Waals surface area contributed by atoms with Gasteiger partial charge in [-0.3, -0.25) is 0 Å². The zero-order valence-electron chi connectivity index (χ0n) is 9.01. The standard InChI is InChI=1S/C11H9ClF4O2/c12-7-2-1-3-8(13)9(7)10(11(14,15)16)18-5-6-4-17-6/h1-3,6,10H,4-5H2/t6-,10-/m1/s1. The van der Waals surface area contributed by atoms with E-state index in [1.54, 1.807) is 0 Å². The molecule has 1 aromatic carbocycles. The fourth-order valence-corrected chi connectivity index (χ4v) is 1.73. The Morgan fingerprint density at radius 2 is 2.11 bits per heavy atom. The van der Waals surface area contributed by atoms with E-state index in [4.69, 9.17) is 21.1 Å². The predicted molar refractivity (Wildman–Crippen MR) is 55.9 cm³/mol. The molecule has 2 atom stereocenters. The number of rotatable bonds is 4. The van der Waals surface area contributed by atoms with E-state index >= 15 is 0 Å². The predicted octanol–water partition coefficient (Wildman–Crippen LogP) is 3.50. The Bertz CT molecular complexity index is 411. The van der Waals surface area contributed by atoms with Crippen molar-refractivity contribution in [3.63, 3.8) is 0 Å². The molecule has 1 fully saturated rings. The summed E-state index contributed by atoms with van der Waals surface area (Å²) in [4.78, 5) is 0. The lowest BCUT2D eigenvalue weighted by atomic mass is 10.1. The maximum absolute atomic E-state index is 13.5. The highest BCUT2D eigenvalue weighted by Gasteiger charge is 2.45. The van der Waals surface area contributed by atoms with Crippen molar-refractivity contribution in [2.75, 3.05) is 13.2 Å². The molecule has 0 radical (unpaired) electrons. The van der Waals surface area contributed by atoms with Crippen LogP contribution in [-0.2, 0) is 9.47 Å². The summed E-state index contributed by atoms with van der Waals surface area (Å²) in [6, 6.07) is 3.34. The molecule has 0 aliphatic carbocycles. The van der Waals surface area contributed by atoms with Crippen molar-refractivity contribution < 1.29 is 27.0 Å². The van der Waals surface area contributed by atoms with Gasteiger partial charge in [0.15, 0.2) is 6.10 Å². The van der Waals surface area contributed by atoms with E-state index in [-0.39, 0.29) is 17.7 Å². The monoisotopic (exact) mass is 284 g/mol. The summed E-state index contributed by atoms with van der Waals surface area (Å²) < 4.78 is 61.5. The minimum atomic E-state index is -4.74. The molecule has 1 aromatic rings. The van der Waals surface area contributed by atoms with Gasteiger partial charge in [-0.2, -0.15) is 13.2 Å². The third kappa shape index (κ3) is 3.13. The Labute approximate surface area is 105 Å². The smallest absolute Gasteiger partial charge is 0.371 e. The van der Waals surface area contributed by atoms with Crippen LogP contribution in [0, 0.1) is 5.82 Å². The number of hydrogen-bond donors (Lipinski definition) is 0. The normalized spacial score (nSPS) is 20.8. The minimum absolute atomic E-state index is 0.241. The summed E-state index contributed by atoms with van der Waals surface area (Å²) in [5, 5.41) is -0.311. The second kappa shape index (κ2) is 5.03. The average molecular weight is 285 g/mol. The molecule has 0 bridgehead atoms. The van der Waals surface area contributed by atoms with E-state index < -0.39 is 23.7 Å². The quantitative estimate of drug-likeness (QED) is 0.623. The molecule has 18 heavy (non-hydrogen) atoms. The molecule has 2 rings (SSSR count). The zero-order chi connectivity index (χ0) is 13.3. The Kier molecular flexibility index (Phi) is 3.79. The van der Waals surface area contributed by atoms with E-state index in [1.165, 1.54) is 12.1 Å². The topological polar surface area (TPSA) is 21.8 Å². The summed E-state index contributed by atoms with van der Waals surface area (Å²) in [5.41, 5.74) is -0.688. The molecule has 1 heterocycles.